The van der Waals surface area contributed by atoms with E-state index < -0.39 is 5.41 Å². The van der Waals surface area contributed by atoms with Crippen LogP contribution in [0.4, 0.5) is 0 Å². The van der Waals surface area contributed by atoms with Crippen molar-refractivity contribution in [1.82, 2.24) is 0 Å². The third-order valence-corrected chi connectivity index (χ3v) is 8.79. The maximum Gasteiger partial charge on any atom is 0.122 e. The molecule has 2 heterocycles. The highest BCUT2D eigenvalue weighted by Gasteiger charge is 2.53. The van der Waals surface area contributed by atoms with Crippen LogP contribution in [0, 0.1) is 5.92 Å². The van der Waals surface area contributed by atoms with Gasteiger partial charge in [-0.1, -0.05) is 85.0 Å². The second-order valence-electron chi connectivity index (χ2n) is 11.4. The lowest BCUT2D eigenvalue weighted by molar-refractivity contribution is 0.261. The maximum absolute atomic E-state index is 6.23. The summed E-state index contributed by atoms with van der Waals surface area (Å²) in [6, 6.07) is 22.5. The molecule has 3 aromatic carbocycles. The molecule has 4 unspecified atom stereocenters. The molecule has 2 aliphatic heterocycles. The van der Waals surface area contributed by atoms with Crippen molar-refractivity contribution in [2.24, 2.45) is 5.92 Å². The van der Waals surface area contributed by atoms with Gasteiger partial charge in [0, 0.05) is 11.8 Å². The third-order valence-electron chi connectivity index (χ3n) is 8.79. The first-order valence-electron chi connectivity index (χ1n) is 14.6. The zero-order chi connectivity index (χ0) is 27.8. The van der Waals surface area contributed by atoms with Crippen molar-refractivity contribution in [3.63, 3.8) is 0 Å². The summed E-state index contributed by atoms with van der Waals surface area (Å²) in [5.41, 5.74) is 7.13. The van der Waals surface area contributed by atoms with Gasteiger partial charge < -0.3 is 18.9 Å². The van der Waals surface area contributed by atoms with Crippen molar-refractivity contribution in [2.45, 2.75) is 36.4 Å². The lowest BCUT2D eigenvalue weighted by Crippen LogP contribution is -2.35. The number of epoxide rings is 2. The maximum atomic E-state index is 6.23. The molecule has 0 amide bonds. The zero-order valence-electron chi connectivity index (χ0n) is 23.3. The Morgan fingerprint density at radius 3 is 1.88 bits per heavy atom. The van der Waals surface area contributed by atoms with Gasteiger partial charge in [-0.05, 0) is 58.4 Å². The average molecular weight is 545 g/mol. The van der Waals surface area contributed by atoms with E-state index in [9.17, 15) is 0 Å². The van der Waals surface area contributed by atoms with E-state index >= 15 is 0 Å². The highest BCUT2D eigenvalue weighted by Crippen LogP contribution is 2.60. The second kappa shape index (κ2) is 10.8. The Kier molecular flexibility index (Phi) is 6.90. The van der Waals surface area contributed by atoms with Crippen molar-refractivity contribution in [1.29, 1.82) is 0 Å². The van der Waals surface area contributed by atoms with Gasteiger partial charge in [0.15, 0.2) is 0 Å². The summed E-state index contributed by atoms with van der Waals surface area (Å²) in [5.74, 6) is 2.31. The van der Waals surface area contributed by atoms with Gasteiger partial charge in [-0.25, -0.2) is 0 Å². The molecular formula is C37H36O4. The van der Waals surface area contributed by atoms with Crippen molar-refractivity contribution in [2.75, 3.05) is 26.4 Å². The van der Waals surface area contributed by atoms with E-state index in [0.29, 0.717) is 13.2 Å². The van der Waals surface area contributed by atoms with Crippen LogP contribution in [-0.4, -0.2) is 38.6 Å². The van der Waals surface area contributed by atoms with Crippen LogP contribution in [-0.2, 0) is 27.7 Å². The number of fused-ring (bicyclic) bond motifs is 3. The molecule has 4 atom stereocenters. The Labute approximate surface area is 242 Å². The van der Waals surface area contributed by atoms with Crippen LogP contribution in [0.1, 0.15) is 39.3 Å². The minimum Gasteiger partial charge on any atom is -0.490 e. The first-order chi connectivity index (χ1) is 20.2. The van der Waals surface area contributed by atoms with Crippen LogP contribution < -0.4 is 9.47 Å². The molecule has 4 nitrogen and oxygen atoms in total. The summed E-state index contributed by atoms with van der Waals surface area (Å²) in [4.78, 5) is 0. The van der Waals surface area contributed by atoms with E-state index in [-0.39, 0.29) is 24.0 Å². The molecular weight excluding hydrogens is 508 g/mol. The van der Waals surface area contributed by atoms with Gasteiger partial charge in [0.25, 0.3) is 0 Å². The molecule has 7 rings (SSSR count). The Bertz CT molecular complexity index is 1450. The van der Waals surface area contributed by atoms with Crippen molar-refractivity contribution >= 4 is 0 Å². The highest BCUT2D eigenvalue weighted by molar-refractivity contribution is 5.64. The van der Waals surface area contributed by atoms with Crippen molar-refractivity contribution in [3.8, 4) is 11.5 Å². The van der Waals surface area contributed by atoms with Gasteiger partial charge in [0.05, 0.1) is 18.6 Å². The molecule has 2 saturated heterocycles. The summed E-state index contributed by atoms with van der Waals surface area (Å²) < 4.78 is 23.3. The number of ether oxygens (including phenoxy) is 4. The Hall–Kier alpha value is -3.86. The standard InChI is InChI=1S/C37H36O4/c1-3-9-25-19-27(15-17-35(25)40-23-29-21-38-29)37(33-13-7-5-11-31(33)32-12-6-8-14-34(32)37)28-16-18-36(26(20-28)10-4-2)41-24-30-22-39-30/h3-8,11-20,29-31,33H,1-2,9-10,21-24H2. The fourth-order valence-corrected chi connectivity index (χ4v) is 6.76. The van der Waals surface area contributed by atoms with Crippen LogP contribution in [0.15, 0.2) is 110 Å². The SMILES string of the molecule is C=CCc1cc(C2(c3ccc(OCC4CO4)c(CC=C)c3)c3ccccc3C3C=CC=CC32)ccc1OCC1CO1. The van der Waals surface area contributed by atoms with Gasteiger partial charge in [-0.3, -0.25) is 0 Å². The van der Waals surface area contributed by atoms with Gasteiger partial charge in [0.2, 0.25) is 0 Å². The van der Waals surface area contributed by atoms with Crippen LogP contribution in [0.25, 0.3) is 0 Å². The fourth-order valence-electron chi connectivity index (χ4n) is 6.76. The van der Waals surface area contributed by atoms with E-state index in [2.05, 4.69) is 98.1 Å². The smallest absolute Gasteiger partial charge is 0.122 e. The molecule has 41 heavy (non-hydrogen) atoms. The Morgan fingerprint density at radius 2 is 1.32 bits per heavy atom. The number of allylic oxidation sites excluding steroid dienone is 6. The van der Waals surface area contributed by atoms with Crippen LogP contribution in [0.2, 0.25) is 0 Å². The first kappa shape index (κ1) is 26.1. The van der Waals surface area contributed by atoms with Gasteiger partial charge in [-0.2, -0.15) is 0 Å². The van der Waals surface area contributed by atoms with Gasteiger partial charge in [-0.15, -0.1) is 13.2 Å². The molecule has 0 radical (unpaired) electrons. The number of hydrogen-bond acceptors (Lipinski definition) is 4. The summed E-state index contributed by atoms with van der Waals surface area (Å²) >= 11 is 0. The minimum absolute atomic E-state index is 0.203. The van der Waals surface area contributed by atoms with Gasteiger partial charge in [0.1, 0.15) is 36.9 Å². The molecule has 2 fully saturated rings. The van der Waals surface area contributed by atoms with E-state index in [1.54, 1.807) is 0 Å². The molecule has 0 N–H and O–H groups in total. The summed E-state index contributed by atoms with van der Waals surface area (Å²) in [7, 11) is 0. The Morgan fingerprint density at radius 1 is 0.756 bits per heavy atom. The lowest BCUT2D eigenvalue weighted by Gasteiger charge is -2.39. The molecule has 2 aliphatic carbocycles. The molecule has 4 heteroatoms. The van der Waals surface area contributed by atoms with Crippen LogP contribution in [0.3, 0.4) is 0 Å². The number of benzene rings is 3. The number of rotatable bonds is 12. The molecule has 0 aromatic heterocycles. The predicted molar refractivity (Wildman–Crippen MR) is 162 cm³/mol. The average Bonchev–Trinajstić information content (AvgIpc) is 3.94. The van der Waals surface area contributed by atoms with Crippen LogP contribution >= 0.6 is 0 Å². The molecule has 208 valence electrons. The molecule has 4 aliphatic rings. The van der Waals surface area contributed by atoms with E-state index in [1.807, 2.05) is 12.2 Å². The van der Waals surface area contributed by atoms with E-state index in [0.717, 1.165) is 48.7 Å². The molecule has 3 aromatic rings. The Balaban J connectivity index is 1.41. The minimum atomic E-state index is -0.398. The molecule has 0 saturated carbocycles. The second-order valence-corrected chi connectivity index (χ2v) is 11.4. The largest absolute Gasteiger partial charge is 0.490 e. The normalized spacial score (nSPS) is 26.6. The monoisotopic (exact) mass is 544 g/mol. The summed E-state index contributed by atoms with van der Waals surface area (Å²) in [5, 5.41) is 0. The van der Waals surface area contributed by atoms with Gasteiger partial charge >= 0.3 is 0 Å². The van der Waals surface area contributed by atoms with Crippen molar-refractivity contribution < 1.29 is 18.9 Å². The molecule has 0 bridgehead atoms. The quantitative estimate of drug-likeness (QED) is 0.184. The van der Waals surface area contributed by atoms with Crippen molar-refractivity contribution in [3.05, 3.63) is 144 Å². The topological polar surface area (TPSA) is 43.5 Å². The first-order valence-corrected chi connectivity index (χ1v) is 14.6. The summed E-state index contributed by atoms with van der Waals surface area (Å²) in [6.45, 7) is 10.8. The van der Waals surface area contributed by atoms with E-state index in [4.69, 9.17) is 18.9 Å². The third kappa shape index (κ3) is 4.75. The zero-order valence-corrected chi connectivity index (χ0v) is 23.3. The van der Waals surface area contributed by atoms with Crippen LogP contribution in [0.5, 0.6) is 11.5 Å². The highest BCUT2D eigenvalue weighted by atomic mass is 16.6. The lowest BCUT2D eigenvalue weighted by atomic mass is 9.62. The fraction of sp³-hybridized carbons (Fsp3) is 0.297. The number of hydrogen-bond donors (Lipinski definition) is 0. The predicted octanol–water partition coefficient (Wildman–Crippen LogP) is 6.87. The molecule has 0 spiro atoms. The van der Waals surface area contributed by atoms with E-state index in [1.165, 1.54) is 22.3 Å². The summed E-state index contributed by atoms with van der Waals surface area (Å²) in [6.07, 6.45) is 14.9.